The topological polar surface area (TPSA) is 24.9 Å². The molecule has 2 atom stereocenters. The zero-order valence-electron chi connectivity index (χ0n) is 11.5. The molecule has 3 heteroatoms. The van der Waals surface area contributed by atoms with Gasteiger partial charge in [0.15, 0.2) is 0 Å². The summed E-state index contributed by atoms with van der Waals surface area (Å²) in [5, 5.41) is 4.75. The summed E-state index contributed by atoms with van der Waals surface area (Å²) in [6, 6.07) is 11.2. The number of thioether (sulfide) groups is 1. The molecular formula is C16H20N2S. The molecule has 0 amide bonds. The summed E-state index contributed by atoms with van der Waals surface area (Å²) in [6.45, 7) is 2.39. The molecule has 2 heterocycles. The zero-order chi connectivity index (χ0) is 13.3. The molecular weight excluding hydrogens is 252 g/mol. The number of fused-ring (bicyclic) bond motifs is 1. The van der Waals surface area contributed by atoms with E-state index in [-0.39, 0.29) is 0 Å². The van der Waals surface area contributed by atoms with E-state index in [0.717, 1.165) is 5.52 Å². The Morgan fingerprint density at radius 2 is 2.26 bits per heavy atom. The Bertz CT molecular complexity index is 576. The second kappa shape index (κ2) is 5.14. The third-order valence-electron chi connectivity index (χ3n) is 4.11. The third kappa shape index (κ3) is 2.37. The number of nitrogens with zero attached hydrogens (tertiary/aromatic N) is 1. The van der Waals surface area contributed by atoms with Crippen LogP contribution in [0.4, 0.5) is 0 Å². The first kappa shape index (κ1) is 12.9. The molecule has 1 aliphatic rings. The summed E-state index contributed by atoms with van der Waals surface area (Å²) >= 11 is 2.10. The fourth-order valence-corrected chi connectivity index (χ4v) is 4.59. The lowest BCUT2D eigenvalue weighted by Gasteiger charge is -2.33. The van der Waals surface area contributed by atoms with Crippen LogP contribution in [-0.2, 0) is 0 Å². The number of benzene rings is 1. The Hall–Kier alpha value is -1.06. The largest absolute Gasteiger partial charge is 0.312 e. The van der Waals surface area contributed by atoms with Crippen LogP contribution in [0.25, 0.3) is 10.9 Å². The van der Waals surface area contributed by atoms with Crippen molar-refractivity contribution < 1.29 is 0 Å². The molecule has 0 aliphatic carbocycles. The van der Waals surface area contributed by atoms with Gasteiger partial charge in [-0.05, 0) is 56.3 Å². The maximum Gasteiger partial charge on any atom is 0.0702 e. The van der Waals surface area contributed by atoms with E-state index in [1.54, 1.807) is 0 Å². The molecule has 0 bridgehead atoms. The second-order valence-electron chi connectivity index (χ2n) is 5.44. The van der Waals surface area contributed by atoms with Gasteiger partial charge in [0.05, 0.1) is 5.52 Å². The Labute approximate surface area is 119 Å². The molecule has 0 spiro atoms. The highest BCUT2D eigenvalue weighted by molar-refractivity contribution is 8.00. The van der Waals surface area contributed by atoms with E-state index in [0.29, 0.717) is 10.8 Å². The minimum Gasteiger partial charge on any atom is -0.312 e. The smallest absolute Gasteiger partial charge is 0.0702 e. The van der Waals surface area contributed by atoms with E-state index in [9.17, 15) is 0 Å². The van der Waals surface area contributed by atoms with Gasteiger partial charge in [-0.3, -0.25) is 4.98 Å². The molecule has 1 fully saturated rings. The van der Waals surface area contributed by atoms with Crippen molar-refractivity contribution in [2.75, 3.05) is 12.8 Å². The number of hydrogen-bond donors (Lipinski definition) is 1. The van der Waals surface area contributed by atoms with Crippen molar-refractivity contribution in [3.63, 3.8) is 0 Å². The van der Waals surface area contributed by atoms with Crippen molar-refractivity contribution in [1.82, 2.24) is 10.3 Å². The quantitative estimate of drug-likeness (QED) is 0.920. The van der Waals surface area contributed by atoms with E-state index >= 15 is 0 Å². The van der Waals surface area contributed by atoms with Gasteiger partial charge in [0.1, 0.15) is 0 Å². The Kier molecular flexibility index (Phi) is 3.50. The molecule has 0 radical (unpaired) electrons. The van der Waals surface area contributed by atoms with Crippen molar-refractivity contribution in [3.05, 3.63) is 42.1 Å². The lowest BCUT2D eigenvalue weighted by Crippen LogP contribution is -2.35. The summed E-state index contributed by atoms with van der Waals surface area (Å²) in [5.41, 5.74) is 2.45. The van der Waals surface area contributed by atoms with E-state index in [4.69, 9.17) is 0 Å². The van der Waals surface area contributed by atoms with Gasteiger partial charge in [-0.1, -0.05) is 12.1 Å². The van der Waals surface area contributed by atoms with Gasteiger partial charge >= 0.3 is 0 Å². The van der Waals surface area contributed by atoms with Crippen LogP contribution in [0.1, 0.15) is 31.4 Å². The lowest BCUT2D eigenvalue weighted by atomic mass is 9.90. The third-order valence-corrected chi connectivity index (χ3v) is 5.70. The SMILES string of the molecule is CNC(c1ccc2ncccc2c1)C1(C)CCCS1. The number of pyridine rings is 1. The minimum atomic E-state index is 0.310. The summed E-state index contributed by atoms with van der Waals surface area (Å²) in [4.78, 5) is 4.40. The molecule has 0 saturated carbocycles. The van der Waals surface area contributed by atoms with E-state index in [2.05, 4.69) is 60.3 Å². The summed E-state index contributed by atoms with van der Waals surface area (Å²) in [5.74, 6) is 1.28. The molecule has 2 aromatic rings. The van der Waals surface area contributed by atoms with Gasteiger partial charge in [0, 0.05) is 22.4 Å². The van der Waals surface area contributed by atoms with Crippen LogP contribution in [0.5, 0.6) is 0 Å². The summed E-state index contributed by atoms with van der Waals surface area (Å²) < 4.78 is 0.310. The van der Waals surface area contributed by atoms with Crippen molar-refractivity contribution in [2.45, 2.75) is 30.6 Å². The maximum atomic E-state index is 4.40. The highest BCUT2D eigenvalue weighted by atomic mass is 32.2. The number of rotatable bonds is 3. The first-order valence-corrected chi connectivity index (χ1v) is 7.87. The monoisotopic (exact) mass is 272 g/mol. The van der Waals surface area contributed by atoms with Crippen LogP contribution in [0.15, 0.2) is 36.5 Å². The number of aromatic nitrogens is 1. The van der Waals surface area contributed by atoms with Gasteiger partial charge in [0.25, 0.3) is 0 Å². The van der Waals surface area contributed by atoms with Crippen molar-refractivity contribution >= 4 is 22.7 Å². The van der Waals surface area contributed by atoms with Gasteiger partial charge in [-0.25, -0.2) is 0 Å². The van der Waals surface area contributed by atoms with Crippen molar-refractivity contribution in [1.29, 1.82) is 0 Å². The highest BCUT2D eigenvalue weighted by Gasteiger charge is 2.37. The fraction of sp³-hybridized carbons (Fsp3) is 0.438. The van der Waals surface area contributed by atoms with E-state index in [1.807, 2.05) is 12.3 Å². The molecule has 3 rings (SSSR count). The molecule has 2 nitrogen and oxygen atoms in total. The van der Waals surface area contributed by atoms with Crippen molar-refractivity contribution in [2.24, 2.45) is 0 Å². The minimum absolute atomic E-state index is 0.310. The average Bonchev–Trinajstić information content (AvgIpc) is 2.87. The molecule has 1 N–H and O–H groups in total. The molecule has 1 aromatic carbocycles. The van der Waals surface area contributed by atoms with Gasteiger partial charge in [0.2, 0.25) is 0 Å². The normalized spacial score (nSPS) is 24.7. The van der Waals surface area contributed by atoms with Crippen molar-refractivity contribution in [3.8, 4) is 0 Å². The maximum absolute atomic E-state index is 4.40. The molecule has 100 valence electrons. The van der Waals surface area contributed by atoms with Gasteiger partial charge in [-0.15, -0.1) is 0 Å². The van der Waals surface area contributed by atoms with Crippen LogP contribution in [0.3, 0.4) is 0 Å². The zero-order valence-corrected chi connectivity index (χ0v) is 12.3. The molecule has 2 unspecified atom stereocenters. The van der Waals surface area contributed by atoms with Crippen LogP contribution in [0, 0.1) is 0 Å². The molecule has 1 saturated heterocycles. The van der Waals surface area contributed by atoms with Gasteiger partial charge < -0.3 is 5.32 Å². The summed E-state index contributed by atoms with van der Waals surface area (Å²) in [7, 11) is 2.07. The van der Waals surface area contributed by atoms with E-state index < -0.39 is 0 Å². The predicted octanol–water partition coefficient (Wildman–Crippen LogP) is 3.78. The second-order valence-corrected chi connectivity index (χ2v) is 7.07. The predicted molar refractivity (Wildman–Crippen MR) is 83.6 cm³/mol. The fourth-order valence-electron chi connectivity index (χ4n) is 3.13. The molecule has 1 aromatic heterocycles. The van der Waals surface area contributed by atoms with Crippen LogP contribution in [-0.4, -0.2) is 22.5 Å². The van der Waals surface area contributed by atoms with Crippen LogP contribution in [0.2, 0.25) is 0 Å². The number of hydrogen-bond acceptors (Lipinski definition) is 3. The average molecular weight is 272 g/mol. The number of nitrogens with one attached hydrogen (secondary N) is 1. The Morgan fingerprint density at radius 3 is 3.00 bits per heavy atom. The Morgan fingerprint density at radius 1 is 1.37 bits per heavy atom. The Balaban J connectivity index is 2.01. The van der Waals surface area contributed by atoms with Crippen LogP contribution < -0.4 is 5.32 Å². The van der Waals surface area contributed by atoms with Crippen LogP contribution >= 0.6 is 11.8 Å². The first-order valence-electron chi connectivity index (χ1n) is 6.89. The lowest BCUT2D eigenvalue weighted by molar-refractivity contribution is 0.441. The summed E-state index contributed by atoms with van der Waals surface area (Å²) in [6.07, 6.45) is 4.47. The van der Waals surface area contributed by atoms with Gasteiger partial charge in [-0.2, -0.15) is 11.8 Å². The molecule has 1 aliphatic heterocycles. The molecule has 19 heavy (non-hydrogen) atoms. The highest BCUT2D eigenvalue weighted by Crippen LogP contribution is 2.46. The van der Waals surface area contributed by atoms with E-state index in [1.165, 1.54) is 29.5 Å². The standard InChI is InChI=1S/C16H20N2S/c1-16(8-4-10-19-16)15(17-2)13-6-7-14-12(11-13)5-3-9-18-14/h3,5-7,9,11,15,17H,4,8,10H2,1-2H3. The first-order chi connectivity index (χ1) is 9.23.